The third-order valence-corrected chi connectivity index (χ3v) is 3.95. The first-order valence-corrected chi connectivity index (χ1v) is 7.45. The zero-order valence-electron chi connectivity index (χ0n) is 13.7. The van der Waals surface area contributed by atoms with Crippen LogP contribution >= 0.6 is 0 Å². The fourth-order valence-electron chi connectivity index (χ4n) is 2.81. The maximum atomic E-state index is 12.4. The van der Waals surface area contributed by atoms with Crippen LogP contribution in [0, 0.1) is 6.92 Å². The molecule has 1 aromatic carbocycles. The van der Waals surface area contributed by atoms with Gasteiger partial charge in [0.05, 0.1) is 25.4 Å². The Balaban J connectivity index is 2.44. The summed E-state index contributed by atoms with van der Waals surface area (Å²) in [5.41, 5.74) is 3.54. The van der Waals surface area contributed by atoms with Gasteiger partial charge in [0.25, 0.3) is 0 Å². The Morgan fingerprint density at radius 2 is 1.50 bits per heavy atom. The maximum absolute atomic E-state index is 12.4. The molecule has 0 saturated heterocycles. The topological polar surface area (TPSA) is 57.0 Å². The Labute approximate surface area is 139 Å². The minimum absolute atomic E-state index is 0.208. The van der Waals surface area contributed by atoms with Gasteiger partial charge in [-0.15, -0.1) is 0 Å². The lowest BCUT2D eigenvalue weighted by Crippen LogP contribution is -2.10. The first-order valence-electron chi connectivity index (χ1n) is 7.45. The molecule has 0 spiro atoms. The Morgan fingerprint density at radius 1 is 0.875 bits per heavy atom. The second-order valence-corrected chi connectivity index (χ2v) is 5.40. The molecule has 3 rings (SSSR count). The number of fused-ring (bicyclic) bond motifs is 1. The number of benzene rings is 1. The summed E-state index contributed by atoms with van der Waals surface area (Å²) in [6, 6.07) is 13.2. The first-order chi connectivity index (χ1) is 11.6. The van der Waals surface area contributed by atoms with E-state index in [4.69, 9.17) is 9.47 Å². The lowest BCUT2D eigenvalue weighted by atomic mass is 10.0. The Hall–Kier alpha value is -3.08. The molecule has 122 valence electrons. The number of methoxy groups -OCH3 is 2. The zero-order chi connectivity index (χ0) is 17.3. The third kappa shape index (κ3) is 2.44. The summed E-state index contributed by atoms with van der Waals surface area (Å²) >= 11 is 0. The molecular weight excluding hydrogens is 306 g/mol. The SMILES string of the molecule is COC(=O)c1c(C(=O)OC)c2ccccn2c1-c1ccc(C)cc1. The van der Waals surface area contributed by atoms with Crippen LogP contribution in [0.3, 0.4) is 0 Å². The highest BCUT2D eigenvalue weighted by atomic mass is 16.5. The molecule has 0 atom stereocenters. The molecule has 0 fully saturated rings. The van der Waals surface area contributed by atoms with E-state index in [2.05, 4.69) is 0 Å². The van der Waals surface area contributed by atoms with Crippen molar-refractivity contribution in [2.75, 3.05) is 14.2 Å². The molecule has 24 heavy (non-hydrogen) atoms. The van der Waals surface area contributed by atoms with E-state index in [1.165, 1.54) is 14.2 Å². The maximum Gasteiger partial charge on any atom is 0.340 e. The summed E-state index contributed by atoms with van der Waals surface area (Å²) in [6.07, 6.45) is 1.81. The van der Waals surface area contributed by atoms with E-state index in [9.17, 15) is 9.59 Å². The molecule has 0 amide bonds. The van der Waals surface area contributed by atoms with E-state index in [1.807, 2.05) is 53.9 Å². The summed E-state index contributed by atoms with van der Waals surface area (Å²) in [5.74, 6) is -1.15. The predicted octanol–water partition coefficient (Wildman–Crippen LogP) is 3.49. The Bertz CT molecular complexity index is 922. The van der Waals surface area contributed by atoms with E-state index in [0.717, 1.165) is 11.1 Å². The Kier molecular flexibility index (Phi) is 4.08. The molecule has 5 heteroatoms. The fraction of sp³-hybridized carbons (Fsp3) is 0.158. The molecule has 0 aliphatic rings. The van der Waals surface area contributed by atoms with Crippen LogP contribution in [0.5, 0.6) is 0 Å². The lowest BCUT2D eigenvalue weighted by molar-refractivity contribution is 0.0558. The quantitative estimate of drug-likeness (QED) is 0.692. The molecule has 0 aliphatic carbocycles. The van der Waals surface area contributed by atoms with Crippen molar-refractivity contribution < 1.29 is 19.1 Å². The standard InChI is InChI=1S/C19H17NO4/c1-12-7-9-13(10-8-12)17-16(19(22)24-3)15(18(21)23-2)14-6-4-5-11-20(14)17/h4-11H,1-3H3. The molecule has 2 heterocycles. The smallest absolute Gasteiger partial charge is 0.340 e. The van der Waals surface area contributed by atoms with Gasteiger partial charge in [-0.05, 0) is 24.6 Å². The van der Waals surface area contributed by atoms with Crippen molar-refractivity contribution in [3.05, 3.63) is 65.4 Å². The van der Waals surface area contributed by atoms with E-state index in [-0.39, 0.29) is 11.1 Å². The number of pyridine rings is 1. The van der Waals surface area contributed by atoms with Crippen molar-refractivity contribution in [1.29, 1.82) is 0 Å². The number of hydrogen-bond acceptors (Lipinski definition) is 4. The first kappa shape index (κ1) is 15.8. The van der Waals surface area contributed by atoms with Crippen LogP contribution in [-0.4, -0.2) is 30.6 Å². The Morgan fingerprint density at radius 3 is 2.12 bits per heavy atom. The van der Waals surface area contributed by atoms with E-state index < -0.39 is 11.9 Å². The fourth-order valence-corrected chi connectivity index (χ4v) is 2.81. The number of aryl methyl sites for hydroxylation is 1. The van der Waals surface area contributed by atoms with Gasteiger partial charge in [0.15, 0.2) is 0 Å². The summed E-state index contributed by atoms with van der Waals surface area (Å²) in [7, 11) is 2.59. The predicted molar refractivity (Wildman–Crippen MR) is 90.2 cm³/mol. The van der Waals surface area contributed by atoms with Crippen molar-refractivity contribution in [1.82, 2.24) is 4.40 Å². The number of aromatic nitrogens is 1. The number of esters is 2. The molecule has 2 aromatic heterocycles. The number of nitrogens with zero attached hydrogens (tertiary/aromatic N) is 1. The summed E-state index contributed by atoms with van der Waals surface area (Å²) < 4.78 is 11.6. The van der Waals surface area contributed by atoms with Crippen molar-refractivity contribution in [2.24, 2.45) is 0 Å². The van der Waals surface area contributed by atoms with Gasteiger partial charge in [-0.3, -0.25) is 0 Å². The molecule has 3 aromatic rings. The average Bonchev–Trinajstić information content (AvgIpc) is 2.96. The van der Waals surface area contributed by atoms with Gasteiger partial charge in [-0.1, -0.05) is 35.9 Å². The van der Waals surface area contributed by atoms with Crippen LogP contribution in [0.25, 0.3) is 16.8 Å². The minimum atomic E-state index is -0.574. The number of hydrogen-bond donors (Lipinski definition) is 0. The normalized spacial score (nSPS) is 10.6. The minimum Gasteiger partial charge on any atom is -0.465 e. The van der Waals surface area contributed by atoms with E-state index >= 15 is 0 Å². The third-order valence-electron chi connectivity index (χ3n) is 3.95. The largest absolute Gasteiger partial charge is 0.465 e. The highest BCUT2D eigenvalue weighted by Gasteiger charge is 2.29. The second kappa shape index (κ2) is 6.20. The van der Waals surface area contributed by atoms with Crippen molar-refractivity contribution in [3.63, 3.8) is 0 Å². The molecule has 0 radical (unpaired) electrons. The molecule has 0 saturated carbocycles. The van der Waals surface area contributed by atoms with Gasteiger partial charge in [-0.2, -0.15) is 0 Å². The van der Waals surface area contributed by atoms with Gasteiger partial charge in [0.1, 0.15) is 11.1 Å². The van der Waals surface area contributed by atoms with Gasteiger partial charge in [0, 0.05) is 6.20 Å². The van der Waals surface area contributed by atoms with Crippen molar-refractivity contribution in [3.8, 4) is 11.3 Å². The monoisotopic (exact) mass is 323 g/mol. The number of ether oxygens (including phenoxy) is 2. The summed E-state index contributed by atoms with van der Waals surface area (Å²) in [6.45, 7) is 1.99. The second-order valence-electron chi connectivity index (χ2n) is 5.40. The molecule has 5 nitrogen and oxygen atoms in total. The number of carbonyl (C=O) groups excluding carboxylic acids is 2. The van der Waals surface area contributed by atoms with Crippen LogP contribution in [0.4, 0.5) is 0 Å². The lowest BCUT2D eigenvalue weighted by Gasteiger charge is -2.07. The summed E-state index contributed by atoms with van der Waals surface area (Å²) in [4.78, 5) is 24.8. The van der Waals surface area contributed by atoms with Gasteiger partial charge >= 0.3 is 11.9 Å². The van der Waals surface area contributed by atoms with Crippen molar-refractivity contribution in [2.45, 2.75) is 6.92 Å². The molecular formula is C19H17NO4. The van der Waals surface area contributed by atoms with E-state index in [0.29, 0.717) is 11.2 Å². The number of carbonyl (C=O) groups is 2. The van der Waals surface area contributed by atoms with Gasteiger partial charge in [0.2, 0.25) is 0 Å². The molecule has 0 bridgehead atoms. The molecule has 0 N–H and O–H groups in total. The van der Waals surface area contributed by atoms with Crippen LogP contribution in [0.1, 0.15) is 26.3 Å². The number of rotatable bonds is 3. The highest BCUT2D eigenvalue weighted by molar-refractivity contribution is 6.12. The van der Waals surface area contributed by atoms with Crippen LogP contribution in [0.15, 0.2) is 48.7 Å². The molecule has 0 unspecified atom stereocenters. The summed E-state index contributed by atoms with van der Waals surface area (Å²) in [5, 5.41) is 0. The molecule has 0 aliphatic heterocycles. The zero-order valence-corrected chi connectivity index (χ0v) is 13.7. The van der Waals surface area contributed by atoms with Gasteiger partial charge < -0.3 is 13.9 Å². The van der Waals surface area contributed by atoms with Crippen LogP contribution in [-0.2, 0) is 9.47 Å². The van der Waals surface area contributed by atoms with E-state index in [1.54, 1.807) is 6.07 Å². The highest BCUT2D eigenvalue weighted by Crippen LogP contribution is 2.33. The van der Waals surface area contributed by atoms with Gasteiger partial charge in [-0.25, -0.2) is 9.59 Å². The average molecular weight is 323 g/mol. The van der Waals surface area contributed by atoms with Crippen molar-refractivity contribution >= 4 is 17.5 Å². The van der Waals surface area contributed by atoms with Crippen LogP contribution in [0.2, 0.25) is 0 Å². The van der Waals surface area contributed by atoms with Crippen LogP contribution < -0.4 is 0 Å².